The molecule has 33 heavy (non-hydrogen) atoms. The van der Waals surface area contributed by atoms with Crippen LogP contribution in [0.4, 0.5) is 0 Å². The van der Waals surface area contributed by atoms with Crippen LogP contribution in [0.15, 0.2) is 59.5 Å². The second kappa shape index (κ2) is 9.11. The Morgan fingerprint density at radius 1 is 1.00 bits per heavy atom. The second-order valence-corrected chi connectivity index (χ2v) is 12.1. The Morgan fingerprint density at radius 2 is 1.64 bits per heavy atom. The fourth-order valence-electron chi connectivity index (χ4n) is 5.26. The van der Waals surface area contributed by atoms with Crippen molar-refractivity contribution >= 4 is 16.0 Å². The summed E-state index contributed by atoms with van der Waals surface area (Å²) in [6, 6.07) is 15.9. The van der Waals surface area contributed by atoms with Crippen LogP contribution in [0.25, 0.3) is 0 Å². The molecule has 6 nitrogen and oxygen atoms in total. The minimum absolute atomic E-state index is 0.181. The summed E-state index contributed by atoms with van der Waals surface area (Å²) in [5.74, 6) is 0.261. The van der Waals surface area contributed by atoms with E-state index in [0.717, 1.165) is 24.8 Å². The van der Waals surface area contributed by atoms with Crippen LogP contribution in [0.5, 0.6) is 5.75 Å². The molecule has 2 saturated carbocycles. The normalized spacial score (nSPS) is 24.8. The van der Waals surface area contributed by atoms with Crippen molar-refractivity contribution < 1.29 is 22.7 Å². The van der Waals surface area contributed by atoms with Crippen molar-refractivity contribution in [1.82, 2.24) is 4.31 Å². The van der Waals surface area contributed by atoms with Crippen molar-refractivity contribution in [2.24, 2.45) is 17.8 Å². The molecule has 2 aromatic carbocycles. The lowest BCUT2D eigenvalue weighted by molar-refractivity contribution is -0.163. The molecule has 4 unspecified atom stereocenters. The third kappa shape index (κ3) is 5.09. The molecule has 4 rings (SSSR count). The molecule has 0 aromatic heterocycles. The molecule has 2 fully saturated rings. The molecular formula is C26H33NO5S. The first kappa shape index (κ1) is 23.8. The molecule has 0 saturated heterocycles. The van der Waals surface area contributed by atoms with Crippen LogP contribution in [0.2, 0.25) is 0 Å². The molecular weight excluding hydrogens is 438 g/mol. The zero-order valence-corrected chi connectivity index (χ0v) is 20.5. The van der Waals surface area contributed by atoms with Crippen LogP contribution in [0.1, 0.15) is 45.6 Å². The van der Waals surface area contributed by atoms with Crippen molar-refractivity contribution in [3.8, 4) is 5.75 Å². The molecule has 0 amide bonds. The highest BCUT2D eigenvalue weighted by Gasteiger charge is 2.55. The van der Waals surface area contributed by atoms with Gasteiger partial charge in [0.05, 0.1) is 10.8 Å². The molecule has 2 aromatic rings. The Labute approximate surface area is 196 Å². The molecule has 2 aliphatic rings. The number of rotatable bonds is 7. The largest absolute Gasteiger partial charge is 0.489 e. The highest BCUT2D eigenvalue weighted by Crippen LogP contribution is 2.51. The first-order chi connectivity index (χ1) is 15.6. The van der Waals surface area contributed by atoms with Gasteiger partial charge in [0.25, 0.3) is 0 Å². The lowest BCUT2D eigenvalue weighted by Crippen LogP contribution is -2.49. The number of sulfonamides is 1. The molecule has 0 N–H and O–H groups in total. The Kier molecular flexibility index (Phi) is 6.56. The van der Waals surface area contributed by atoms with E-state index in [0.29, 0.717) is 12.4 Å². The van der Waals surface area contributed by atoms with E-state index in [2.05, 4.69) is 0 Å². The van der Waals surface area contributed by atoms with Gasteiger partial charge in [-0.25, -0.2) is 8.42 Å². The molecule has 0 spiro atoms. The lowest BCUT2D eigenvalue weighted by Gasteiger charge is -2.36. The molecule has 2 bridgehead atoms. The highest BCUT2D eigenvalue weighted by molar-refractivity contribution is 7.89. The summed E-state index contributed by atoms with van der Waals surface area (Å²) in [4.78, 5) is 13.2. The number of carbonyl (C=O) groups is 1. The molecule has 0 radical (unpaired) electrons. The van der Waals surface area contributed by atoms with Crippen LogP contribution in [0.3, 0.4) is 0 Å². The van der Waals surface area contributed by atoms with E-state index in [9.17, 15) is 13.2 Å². The van der Waals surface area contributed by atoms with Gasteiger partial charge < -0.3 is 9.47 Å². The molecule has 7 heteroatoms. The SMILES string of the molecule is CN(C1C2CCC(C2)C1C(=O)OC(C)(C)C)S(=O)(=O)c1ccc(OCc2ccccc2)cc1. The molecule has 0 aliphatic heterocycles. The number of hydrogen-bond acceptors (Lipinski definition) is 5. The van der Waals surface area contributed by atoms with Gasteiger partial charge in [-0.1, -0.05) is 30.3 Å². The summed E-state index contributed by atoms with van der Waals surface area (Å²) in [5, 5.41) is 0. The fourth-order valence-corrected chi connectivity index (χ4v) is 6.70. The van der Waals surface area contributed by atoms with Crippen molar-refractivity contribution in [1.29, 1.82) is 0 Å². The zero-order valence-electron chi connectivity index (χ0n) is 19.7. The van der Waals surface area contributed by atoms with Gasteiger partial charge in [-0.2, -0.15) is 4.31 Å². The van der Waals surface area contributed by atoms with E-state index in [1.54, 1.807) is 31.3 Å². The van der Waals surface area contributed by atoms with E-state index in [-0.39, 0.29) is 28.7 Å². The van der Waals surface area contributed by atoms with E-state index in [4.69, 9.17) is 9.47 Å². The van der Waals surface area contributed by atoms with Gasteiger partial charge in [0, 0.05) is 13.1 Å². The molecule has 4 atom stereocenters. The van der Waals surface area contributed by atoms with Crippen LogP contribution < -0.4 is 4.74 Å². The maximum absolute atomic E-state index is 13.5. The Morgan fingerprint density at radius 3 is 2.27 bits per heavy atom. The van der Waals surface area contributed by atoms with E-state index < -0.39 is 21.5 Å². The maximum atomic E-state index is 13.5. The fraction of sp³-hybridized carbons (Fsp3) is 0.500. The number of ether oxygens (including phenoxy) is 2. The number of fused-ring (bicyclic) bond motifs is 2. The summed E-state index contributed by atoms with van der Waals surface area (Å²) < 4.78 is 39.8. The standard InChI is InChI=1S/C26H33NO5S/c1-26(2,3)32-25(28)23-19-10-11-20(16-19)24(23)27(4)33(29,30)22-14-12-21(13-15-22)31-17-18-8-6-5-7-9-18/h5-9,12-15,19-20,23-24H,10-11,16-17H2,1-4H3. The minimum Gasteiger partial charge on any atom is -0.489 e. The first-order valence-corrected chi connectivity index (χ1v) is 13.0. The average molecular weight is 472 g/mol. The van der Waals surface area contributed by atoms with E-state index in [1.807, 2.05) is 51.1 Å². The molecule has 2 aliphatic carbocycles. The van der Waals surface area contributed by atoms with Crippen molar-refractivity contribution in [2.45, 2.75) is 63.2 Å². The van der Waals surface area contributed by atoms with Gasteiger partial charge in [-0.3, -0.25) is 4.79 Å². The predicted octanol–water partition coefficient (Wildman–Crippen LogP) is 4.64. The van der Waals surface area contributed by atoms with Crippen LogP contribution in [-0.4, -0.2) is 37.4 Å². The Bertz CT molecular complexity index is 1080. The average Bonchev–Trinajstić information content (AvgIpc) is 3.39. The molecule has 178 valence electrons. The minimum atomic E-state index is -3.77. The second-order valence-electron chi connectivity index (χ2n) is 10.1. The van der Waals surface area contributed by atoms with Crippen LogP contribution >= 0.6 is 0 Å². The van der Waals surface area contributed by atoms with Gasteiger partial charge in [0.1, 0.15) is 18.0 Å². The summed E-state index contributed by atoms with van der Waals surface area (Å²) in [7, 11) is -2.17. The van der Waals surface area contributed by atoms with Crippen molar-refractivity contribution in [3.05, 3.63) is 60.2 Å². The summed E-state index contributed by atoms with van der Waals surface area (Å²) in [5.41, 5.74) is 0.439. The van der Waals surface area contributed by atoms with Gasteiger partial charge in [-0.15, -0.1) is 0 Å². The van der Waals surface area contributed by atoms with Crippen LogP contribution in [0, 0.1) is 17.8 Å². The van der Waals surface area contributed by atoms with Crippen molar-refractivity contribution in [2.75, 3.05) is 7.05 Å². The summed E-state index contributed by atoms with van der Waals surface area (Å²) >= 11 is 0. The van der Waals surface area contributed by atoms with E-state index >= 15 is 0 Å². The first-order valence-electron chi connectivity index (χ1n) is 11.5. The number of esters is 1. The number of carbonyl (C=O) groups excluding carboxylic acids is 1. The quantitative estimate of drug-likeness (QED) is 0.550. The monoisotopic (exact) mass is 471 g/mol. The van der Waals surface area contributed by atoms with Gasteiger partial charge >= 0.3 is 5.97 Å². The summed E-state index contributed by atoms with van der Waals surface area (Å²) in [6.07, 6.45) is 2.77. The topological polar surface area (TPSA) is 72.9 Å². The maximum Gasteiger partial charge on any atom is 0.311 e. The molecule has 0 heterocycles. The number of benzene rings is 2. The van der Waals surface area contributed by atoms with Crippen molar-refractivity contribution in [3.63, 3.8) is 0 Å². The third-order valence-electron chi connectivity index (χ3n) is 6.72. The zero-order chi connectivity index (χ0) is 23.8. The lowest BCUT2D eigenvalue weighted by atomic mass is 9.84. The summed E-state index contributed by atoms with van der Waals surface area (Å²) in [6.45, 7) is 5.94. The highest BCUT2D eigenvalue weighted by atomic mass is 32.2. The Hall–Kier alpha value is -2.38. The Balaban J connectivity index is 1.49. The van der Waals surface area contributed by atoms with E-state index in [1.165, 1.54) is 4.31 Å². The van der Waals surface area contributed by atoms with Gasteiger partial charge in [-0.05, 0) is 81.7 Å². The number of nitrogens with zero attached hydrogens (tertiary/aromatic N) is 1. The number of hydrogen-bond donors (Lipinski definition) is 0. The predicted molar refractivity (Wildman–Crippen MR) is 126 cm³/mol. The van der Waals surface area contributed by atoms with Gasteiger partial charge in [0.2, 0.25) is 10.0 Å². The van der Waals surface area contributed by atoms with Gasteiger partial charge in [0.15, 0.2) is 0 Å². The third-order valence-corrected chi connectivity index (χ3v) is 8.59. The van der Waals surface area contributed by atoms with Crippen LogP contribution in [-0.2, 0) is 26.2 Å². The smallest absolute Gasteiger partial charge is 0.311 e.